The Labute approximate surface area is 374 Å². The molecule has 14 rings (SSSR count). The maximum Gasteiger partial charge on any atom is 0.165 e. The minimum Gasteiger partial charge on any atom is -0.309 e. The van der Waals surface area contributed by atoms with E-state index in [1.165, 1.54) is 62.7 Å². The van der Waals surface area contributed by atoms with E-state index in [0.717, 1.165) is 49.3 Å². The van der Waals surface area contributed by atoms with Crippen molar-refractivity contribution < 1.29 is 0 Å². The number of aromatic nitrogens is 5. The van der Waals surface area contributed by atoms with Crippen molar-refractivity contribution in [2.75, 3.05) is 0 Å². The number of benzene rings is 9. The van der Waals surface area contributed by atoms with Gasteiger partial charge in [-0.3, -0.25) is 0 Å². The Balaban J connectivity index is 1.13. The fourth-order valence-corrected chi connectivity index (χ4v) is 12.4. The van der Waals surface area contributed by atoms with Crippen molar-refractivity contribution in [2.45, 2.75) is 0 Å². The first-order valence-electron chi connectivity index (χ1n) is 21.4. The summed E-state index contributed by atoms with van der Waals surface area (Å²) in [7, 11) is 0. The van der Waals surface area contributed by atoms with Crippen molar-refractivity contribution in [2.24, 2.45) is 0 Å². The lowest BCUT2D eigenvalue weighted by molar-refractivity contribution is 1.07. The number of fused-ring (bicyclic) bond motifs is 13. The summed E-state index contributed by atoms with van der Waals surface area (Å²) in [6, 6.07) is 71.8. The maximum atomic E-state index is 5.35. The third kappa shape index (κ3) is 5.26. The molecule has 5 heterocycles. The lowest BCUT2D eigenvalue weighted by Gasteiger charge is -2.13. The van der Waals surface area contributed by atoms with Crippen LogP contribution in [-0.4, -0.2) is 24.1 Å². The van der Waals surface area contributed by atoms with E-state index in [4.69, 9.17) is 15.0 Å². The van der Waals surface area contributed by atoms with Gasteiger partial charge in [-0.15, -0.1) is 22.7 Å². The van der Waals surface area contributed by atoms with Crippen LogP contribution < -0.4 is 0 Å². The predicted octanol–water partition coefficient (Wildman–Crippen LogP) is 15.8. The van der Waals surface area contributed by atoms with Gasteiger partial charge in [-0.25, -0.2) is 15.0 Å². The second-order valence-corrected chi connectivity index (χ2v) is 18.5. The highest BCUT2D eigenvalue weighted by Gasteiger charge is 2.24. The molecule has 0 amide bonds. The first-order valence-corrected chi connectivity index (χ1v) is 23.1. The Morgan fingerprint density at radius 1 is 0.312 bits per heavy atom. The number of hydrogen-bond donors (Lipinski definition) is 0. The fraction of sp³-hybridized carbons (Fsp3) is 0. The zero-order chi connectivity index (χ0) is 41.9. The summed E-state index contributed by atoms with van der Waals surface area (Å²) in [5.74, 6) is 1.93. The van der Waals surface area contributed by atoms with Gasteiger partial charge >= 0.3 is 0 Å². The van der Waals surface area contributed by atoms with Crippen molar-refractivity contribution in [1.82, 2.24) is 24.1 Å². The van der Waals surface area contributed by atoms with Gasteiger partial charge in [-0.2, -0.15) is 0 Å². The molecule has 14 aromatic rings. The molecule has 0 atom stereocenters. The van der Waals surface area contributed by atoms with Crippen LogP contribution in [-0.2, 0) is 0 Å². The Morgan fingerprint density at radius 2 is 0.844 bits per heavy atom. The molecule has 5 aromatic heterocycles. The molecule has 7 heteroatoms. The first kappa shape index (κ1) is 35.6. The molecule has 0 N–H and O–H groups in total. The minimum atomic E-state index is 0.643. The maximum absolute atomic E-state index is 5.35. The SMILES string of the molecule is c1ccc(-c2nc(-c3ccccc3)nc(-c3cc(-n4c5ccccc5c5cc6c7ccccc7n(-c7ccccc7)c6cc54)cc4c3sc3ccc5c6ccccc6sc5c34)n2)cc1. The number of para-hydroxylation sites is 3. The lowest BCUT2D eigenvalue weighted by Crippen LogP contribution is -2.01. The average molecular weight is 852 g/mol. The van der Waals surface area contributed by atoms with E-state index >= 15 is 0 Å². The fourth-order valence-electron chi connectivity index (χ4n) is 9.92. The molecular formula is C57H33N5S2. The van der Waals surface area contributed by atoms with E-state index in [1.54, 1.807) is 0 Å². The molecule has 0 fully saturated rings. The van der Waals surface area contributed by atoms with Crippen molar-refractivity contribution in [3.63, 3.8) is 0 Å². The third-order valence-electron chi connectivity index (χ3n) is 12.7. The summed E-state index contributed by atoms with van der Waals surface area (Å²) in [5.41, 5.74) is 9.68. The number of rotatable bonds is 5. The van der Waals surface area contributed by atoms with Crippen LogP contribution in [0.15, 0.2) is 200 Å². The van der Waals surface area contributed by atoms with Gasteiger partial charge in [0.2, 0.25) is 0 Å². The molecule has 0 saturated heterocycles. The molecule has 64 heavy (non-hydrogen) atoms. The molecular weight excluding hydrogens is 819 g/mol. The van der Waals surface area contributed by atoms with Crippen LogP contribution in [0.4, 0.5) is 0 Å². The van der Waals surface area contributed by atoms with Gasteiger partial charge < -0.3 is 9.13 Å². The van der Waals surface area contributed by atoms with E-state index in [1.807, 2.05) is 59.1 Å². The highest BCUT2D eigenvalue weighted by atomic mass is 32.1. The molecule has 0 saturated carbocycles. The second kappa shape index (κ2) is 13.8. The Kier molecular flexibility index (Phi) is 7.66. The average Bonchev–Trinajstić information content (AvgIpc) is 4.11. The zero-order valence-electron chi connectivity index (χ0n) is 34.1. The van der Waals surface area contributed by atoms with Crippen LogP contribution in [0.5, 0.6) is 0 Å². The Bertz CT molecular complexity index is 4120. The van der Waals surface area contributed by atoms with Gasteiger partial charge in [-0.05, 0) is 60.7 Å². The Morgan fingerprint density at radius 3 is 1.50 bits per heavy atom. The first-order chi connectivity index (χ1) is 31.7. The van der Waals surface area contributed by atoms with Crippen molar-refractivity contribution in [1.29, 1.82) is 0 Å². The van der Waals surface area contributed by atoms with Crippen molar-refractivity contribution in [3.8, 4) is 45.5 Å². The van der Waals surface area contributed by atoms with Crippen LogP contribution in [0.25, 0.3) is 129 Å². The van der Waals surface area contributed by atoms with E-state index in [9.17, 15) is 0 Å². The smallest absolute Gasteiger partial charge is 0.165 e. The normalized spacial score (nSPS) is 12.1. The Hall–Kier alpha value is -7.97. The topological polar surface area (TPSA) is 48.5 Å². The van der Waals surface area contributed by atoms with E-state index < -0.39 is 0 Å². The van der Waals surface area contributed by atoms with Gasteiger partial charge in [0.25, 0.3) is 0 Å². The van der Waals surface area contributed by atoms with Gasteiger partial charge in [-0.1, -0.05) is 140 Å². The highest BCUT2D eigenvalue weighted by molar-refractivity contribution is 7.30. The minimum absolute atomic E-state index is 0.643. The molecule has 9 aromatic carbocycles. The standard InChI is InChI=1S/C57H33N5S2/c1-4-16-34(17-5-1)55-58-56(35-18-6-2-7-19-35)60-57(59-55)45-31-37(30-44-52-51(64-53(44)45)29-28-41-40-24-12-15-27-50(40)63-54(41)52)62-47-26-14-11-23-39(47)43-32-42-38-22-10-13-25-46(38)61(48(42)33-49(43)62)36-20-8-3-9-21-36/h1-33H. The zero-order valence-corrected chi connectivity index (χ0v) is 35.7. The summed E-state index contributed by atoms with van der Waals surface area (Å²) < 4.78 is 9.86. The van der Waals surface area contributed by atoms with Crippen LogP contribution >= 0.6 is 22.7 Å². The summed E-state index contributed by atoms with van der Waals surface area (Å²) in [4.78, 5) is 15.8. The molecule has 0 aliphatic rings. The molecule has 0 aliphatic carbocycles. The molecule has 0 bridgehead atoms. The summed E-state index contributed by atoms with van der Waals surface area (Å²) in [6.07, 6.45) is 0. The predicted molar refractivity (Wildman–Crippen MR) is 271 cm³/mol. The second-order valence-electron chi connectivity index (χ2n) is 16.4. The van der Waals surface area contributed by atoms with E-state index in [0.29, 0.717) is 17.5 Å². The third-order valence-corrected chi connectivity index (χ3v) is 15.2. The molecule has 5 nitrogen and oxygen atoms in total. The number of thiophene rings is 2. The summed E-state index contributed by atoms with van der Waals surface area (Å²) in [6.45, 7) is 0. The van der Waals surface area contributed by atoms with Gasteiger partial charge in [0, 0.05) is 90.0 Å². The van der Waals surface area contributed by atoms with E-state index in [2.05, 4.69) is 173 Å². The quantitative estimate of drug-likeness (QED) is 0.173. The molecule has 0 radical (unpaired) electrons. The number of hydrogen-bond acceptors (Lipinski definition) is 5. The monoisotopic (exact) mass is 851 g/mol. The van der Waals surface area contributed by atoms with Gasteiger partial charge in [0.15, 0.2) is 17.5 Å². The van der Waals surface area contributed by atoms with E-state index in [-0.39, 0.29) is 0 Å². The summed E-state index contributed by atoms with van der Waals surface area (Å²) in [5, 5.41) is 9.92. The van der Waals surface area contributed by atoms with Crippen LogP contribution in [0.3, 0.4) is 0 Å². The molecule has 298 valence electrons. The highest BCUT2D eigenvalue weighted by Crippen LogP contribution is 2.48. The lowest BCUT2D eigenvalue weighted by atomic mass is 10.0. The van der Waals surface area contributed by atoms with Gasteiger partial charge in [0.05, 0.1) is 22.1 Å². The van der Waals surface area contributed by atoms with Crippen LogP contribution in [0.1, 0.15) is 0 Å². The largest absolute Gasteiger partial charge is 0.309 e. The molecule has 0 unspecified atom stereocenters. The van der Waals surface area contributed by atoms with Gasteiger partial charge in [0.1, 0.15) is 0 Å². The molecule has 0 aliphatic heterocycles. The van der Waals surface area contributed by atoms with Crippen molar-refractivity contribution >= 4 is 107 Å². The van der Waals surface area contributed by atoms with Crippen LogP contribution in [0.2, 0.25) is 0 Å². The van der Waals surface area contributed by atoms with Crippen LogP contribution in [0, 0.1) is 0 Å². The number of nitrogens with zero attached hydrogens (tertiary/aromatic N) is 5. The molecule has 0 spiro atoms. The summed E-state index contributed by atoms with van der Waals surface area (Å²) >= 11 is 3.70. The van der Waals surface area contributed by atoms with Crippen molar-refractivity contribution in [3.05, 3.63) is 200 Å².